The number of nitrogens with one attached hydrogen (secondary N) is 1. The maximum atomic E-state index is 13.0. The maximum Gasteiger partial charge on any atom is 0.231 e. The van der Waals surface area contributed by atoms with Crippen LogP contribution in [-0.4, -0.2) is 50.3 Å². The topological polar surface area (TPSA) is 98.1 Å². The molecule has 0 aliphatic carbocycles. The minimum atomic E-state index is -0.137. The van der Waals surface area contributed by atoms with Crippen molar-refractivity contribution >= 4 is 38.4 Å². The number of carbonyl (C=O) groups excluding carboxylic acids is 1. The molecule has 1 N–H and O–H groups in total. The molecule has 0 saturated carbocycles. The number of ether oxygens (including phenoxy) is 1. The van der Waals surface area contributed by atoms with E-state index in [1.807, 2.05) is 54.9 Å². The maximum absolute atomic E-state index is 13.0. The molecule has 1 atom stereocenters. The molecule has 9 nitrogen and oxygen atoms in total. The van der Waals surface area contributed by atoms with Gasteiger partial charge in [0.05, 0.1) is 22.7 Å². The number of nitrogens with zero attached hydrogens (tertiary/aromatic N) is 6. The second-order valence-electron chi connectivity index (χ2n) is 7.95. The predicted molar refractivity (Wildman–Crippen MR) is 128 cm³/mol. The van der Waals surface area contributed by atoms with Crippen LogP contribution in [0.1, 0.15) is 25.6 Å². The molecule has 0 spiro atoms. The number of hydrogen-bond acceptors (Lipinski definition) is 8. The first-order valence-electron chi connectivity index (χ1n) is 11.0. The lowest BCUT2D eigenvalue weighted by atomic mass is 9.97. The van der Waals surface area contributed by atoms with Gasteiger partial charge < -0.3 is 15.0 Å². The summed E-state index contributed by atoms with van der Waals surface area (Å²) in [7, 11) is 0. The predicted octanol–water partition coefficient (Wildman–Crippen LogP) is 3.83. The molecule has 4 heterocycles. The molecule has 3 aromatic heterocycles. The summed E-state index contributed by atoms with van der Waals surface area (Å²) < 4.78 is 8.44. The van der Waals surface area contributed by atoms with Crippen molar-refractivity contribution in [1.82, 2.24) is 24.7 Å². The zero-order valence-electron chi connectivity index (χ0n) is 18.6. The monoisotopic (exact) mass is 463 g/mol. The van der Waals surface area contributed by atoms with E-state index in [0.717, 1.165) is 52.8 Å². The Bertz CT molecular complexity index is 1270. The van der Waals surface area contributed by atoms with Crippen molar-refractivity contribution in [2.24, 2.45) is 5.92 Å². The molecule has 1 aliphatic rings. The van der Waals surface area contributed by atoms with Crippen LogP contribution in [0.15, 0.2) is 42.7 Å². The van der Waals surface area contributed by atoms with Crippen LogP contribution in [0.25, 0.3) is 16.0 Å². The summed E-state index contributed by atoms with van der Waals surface area (Å²) in [5, 5.41) is 12.4. The zero-order valence-corrected chi connectivity index (χ0v) is 19.4. The second kappa shape index (κ2) is 9.14. The van der Waals surface area contributed by atoms with Crippen molar-refractivity contribution in [3.63, 3.8) is 0 Å². The standard InChI is InChI=1S/C23H25N7O2S/c1-3-32-17-6-7-18-19(13-17)33-23(25-18)26-22(31)16-5-4-11-29(14-16)20-8-9-21(28-27-20)30-12-10-24-15(30)2/h6-10,12-13,16H,3-5,11,14H2,1-2H3,(H,25,26,31). The number of fused-ring (bicyclic) bond motifs is 1. The SMILES string of the molecule is CCOc1ccc2nc(NC(=O)C3CCCN(c4ccc(-n5ccnc5C)nn4)C3)sc2c1. The first kappa shape index (κ1) is 21.3. The number of carbonyl (C=O) groups is 1. The van der Waals surface area contributed by atoms with E-state index >= 15 is 0 Å². The van der Waals surface area contributed by atoms with Crippen LogP contribution in [-0.2, 0) is 4.79 Å². The number of thiazole rings is 1. The highest BCUT2D eigenvalue weighted by atomic mass is 32.1. The lowest BCUT2D eigenvalue weighted by Crippen LogP contribution is -2.41. The fourth-order valence-corrected chi connectivity index (χ4v) is 4.95. The minimum absolute atomic E-state index is 0.0117. The van der Waals surface area contributed by atoms with Crippen LogP contribution in [0.3, 0.4) is 0 Å². The summed E-state index contributed by atoms with van der Waals surface area (Å²) >= 11 is 1.46. The van der Waals surface area contributed by atoms with Gasteiger partial charge in [-0.3, -0.25) is 9.36 Å². The van der Waals surface area contributed by atoms with Crippen molar-refractivity contribution in [1.29, 1.82) is 0 Å². The Balaban J connectivity index is 1.25. The van der Waals surface area contributed by atoms with Gasteiger partial charge in [-0.25, -0.2) is 9.97 Å². The highest BCUT2D eigenvalue weighted by Crippen LogP contribution is 2.30. The van der Waals surface area contributed by atoms with Crippen molar-refractivity contribution < 1.29 is 9.53 Å². The lowest BCUT2D eigenvalue weighted by Gasteiger charge is -2.32. The van der Waals surface area contributed by atoms with E-state index < -0.39 is 0 Å². The van der Waals surface area contributed by atoms with Gasteiger partial charge in [0.2, 0.25) is 5.91 Å². The lowest BCUT2D eigenvalue weighted by molar-refractivity contribution is -0.120. The van der Waals surface area contributed by atoms with Gasteiger partial charge in [0, 0.05) is 25.5 Å². The Morgan fingerprint density at radius 1 is 1.24 bits per heavy atom. The molecule has 1 amide bonds. The summed E-state index contributed by atoms with van der Waals surface area (Å²) in [6.45, 7) is 5.94. The third-order valence-electron chi connectivity index (χ3n) is 5.73. The molecular weight excluding hydrogens is 438 g/mol. The fourth-order valence-electron chi connectivity index (χ4n) is 4.06. The first-order valence-corrected chi connectivity index (χ1v) is 11.9. The average molecular weight is 464 g/mol. The molecule has 1 fully saturated rings. The molecule has 170 valence electrons. The Morgan fingerprint density at radius 2 is 2.09 bits per heavy atom. The Morgan fingerprint density at radius 3 is 2.85 bits per heavy atom. The third kappa shape index (κ3) is 4.51. The van der Waals surface area contributed by atoms with Crippen molar-refractivity contribution in [2.75, 3.05) is 29.9 Å². The molecule has 1 saturated heterocycles. The molecule has 4 aromatic rings. The van der Waals surface area contributed by atoms with E-state index in [-0.39, 0.29) is 11.8 Å². The molecule has 33 heavy (non-hydrogen) atoms. The summed E-state index contributed by atoms with van der Waals surface area (Å²) in [5.74, 6) is 3.02. The highest BCUT2D eigenvalue weighted by Gasteiger charge is 2.27. The van der Waals surface area contributed by atoms with Crippen LogP contribution in [0, 0.1) is 12.8 Å². The molecule has 10 heteroatoms. The number of benzene rings is 1. The van der Waals surface area contributed by atoms with Gasteiger partial charge in [0.1, 0.15) is 11.6 Å². The number of piperidine rings is 1. The van der Waals surface area contributed by atoms with E-state index in [0.29, 0.717) is 18.3 Å². The summed E-state index contributed by atoms with van der Waals surface area (Å²) in [5.41, 5.74) is 0.854. The number of imidazole rings is 1. The second-order valence-corrected chi connectivity index (χ2v) is 8.98. The van der Waals surface area contributed by atoms with Crippen LogP contribution in [0.4, 0.5) is 10.9 Å². The van der Waals surface area contributed by atoms with Crippen LogP contribution in [0.2, 0.25) is 0 Å². The van der Waals surface area contributed by atoms with E-state index in [1.165, 1.54) is 11.3 Å². The van der Waals surface area contributed by atoms with Gasteiger partial charge in [-0.1, -0.05) is 11.3 Å². The van der Waals surface area contributed by atoms with Crippen molar-refractivity contribution in [3.8, 4) is 11.6 Å². The summed E-state index contributed by atoms with van der Waals surface area (Å²) in [6, 6.07) is 9.66. The minimum Gasteiger partial charge on any atom is -0.494 e. The third-order valence-corrected chi connectivity index (χ3v) is 6.66. The van der Waals surface area contributed by atoms with Crippen molar-refractivity contribution in [3.05, 3.63) is 48.5 Å². The fraction of sp³-hybridized carbons (Fsp3) is 0.348. The molecule has 0 radical (unpaired) electrons. The number of anilines is 2. The number of hydrogen-bond donors (Lipinski definition) is 1. The van der Waals surface area contributed by atoms with Gasteiger partial charge >= 0.3 is 0 Å². The van der Waals surface area contributed by atoms with Crippen LogP contribution < -0.4 is 15.0 Å². The number of amides is 1. The molecule has 0 bridgehead atoms. The van der Waals surface area contributed by atoms with E-state index in [9.17, 15) is 4.79 Å². The Hall–Kier alpha value is -3.53. The largest absolute Gasteiger partial charge is 0.494 e. The highest BCUT2D eigenvalue weighted by molar-refractivity contribution is 7.22. The average Bonchev–Trinajstić information content (AvgIpc) is 3.44. The normalized spacial score (nSPS) is 16.2. The molecule has 1 unspecified atom stereocenters. The number of aromatic nitrogens is 5. The summed E-state index contributed by atoms with van der Waals surface area (Å²) in [4.78, 5) is 23.9. The van der Waals surface area contributed by atoms with Gasteiger partial charge in [0.15, 0.2) is 16.8 Å². The molecule has 5 rings (SSSR count). The van der Waals surface area contributed by atoms with Crippen LogP contribution >= 0.6 is 11.3 Å². The van der Waals surface area contributed by atoms with Gasteiger partial charge in [-0.2, -0.15) is 0 Å². The number of rotatable bonds is 6. The molecule has 1 aromatic carbocycles. The van der Waals surface area contributed by atoms with E-state index in [1.54, 1.807) is 6.20 Å². The zero-order chi connectivity index (χ0) is 22.8. The molecule has 1 aliphatic heterocycles. The van der Waals surface area contributed by atoms with Crippen LogP contribution in [0.5, 0.6) is 5.75 Å². The van der Waals surface area contributed by atoms with E-state index in [4.69, 9.17) is 4.74 Å². The smallest absolute Gasteiger partial charge is 0.231 e. The Kier molecular flexibility index (Phi) is 5.91. The number of aryl methyl sites for hydroxylation is 1. The van der Waals surface area contributed by atoms with Gasteiger partial charge in [-0.15, -0.1) is 10.2 Å². The quantitative estimate of drug-likeness (QED) is 0.464. The van der Waals surface area contributed by atoms with Gasteiger partial charge in [0.25, 0.3) is 0 Å². The Labute approximate surface area is 195 Å². The van der Waals surface area contributed by atoms with E-state index in [2.05, 4.69) is 30.4 Å². The van der Waals surface area contributed by atoms with Crippen molar-refractivity contribution in [2.45, 2.75) is 26.7 Å². The summed E-state index contributed by atoms with van der Waals surface area (Å²) in [6.07, 6.45) is 5.35. The molecular formula is C23H25N7O2S. The van der Waals surface area contributed by atoms with Gasteiger partial charge in [-0.05, 0) is 57.0 Å². The first-order chi connectivity index (χ1) is 16.1.